The van der Waals surface area contributed by atoms with E-state index in [0.717, 1.165) is 38.8 Å². The van der Waals surface area contributed by atoms with Crippen LogP contribution in [-0.4, -0.2) is 30.4 Å². The molecule has 0 aliphatic heterocycles. The topological polar surface area (TPSA) is 46.3 Å². The first-order valence-corrected chi connectivity index (χ1v) is 7.14. The van der Waals surface area contributed by atoms with Crippen LogP contribution in [0.5, 0.6) is 0 Å². The SMILES string of the molecule is CCCN(CC(C)(C)CN)C(=O)C1CC=CCC1. The minimum absolute atomic E-state index is 0.00926. The van der Waals surface area contributed by atoms with E-state index >= 15 is 0 Å². The molecule has 0 aromatic heterocycles. The molecule has 1 unspecified atom stereocenters. The number of allylic oxidation sites excluding steroid dienone is 2. The zero-order chi connectivity index (χ0) is 13.6. The first-order valence-electron chi connectivity index (χ1n) is 7.14. The fraction of sp³-hybridized carbons (Fsp3) is 0.800. The van der Waals surface area contributed by atoms with Gasteiger partial charge in [0.15, 0.2) is 0 Å². The van der Waals surface area contributed by atoms with E-state index in [1.54, 1.807) is 0 Å². The van der Waals surface area contributed by atoms with Gasteiger partial charge in [0.25, 0.3) is 0 Å². The van der Waals surface area contributed by atoms with Crippen LogP contribution in [0.25, 0.3) is 0 Å². The summed E-state index contributed by atoms with van der Waals surface area (Å²) >= 11 is 0. The van der Waals surface area contributed by atoms with Crippen molar-refractivity contribution in [2.24, 2.45) is 17.1 Å². The normalized spacial score (nSPS) is 19.9. The maximum Gasteiger partial charge on any atom is 0.226 e. The highest BCUT2D eigenvalue weighted by atomic mass is 16.2. The molecule has 0 saturated carbocycles. The van der Waals surface area contributed by atoms with Crippen molar-refractivity contribution in [2.75, 3.05) is 19.6 Å². The second kappa shape index (κ2) is 6.93. The lowest BCUT2D eigenvalue weighted by atomic mass is 9.90. The smallest absolute Gasteiger partial charge is 0.226 e. The van der Waals surface area contributed by atoms with Crippen molar-refractivity contribution in [3.8, 4) is 0 Å². The van der Waals surface area contributed by atoms with E-state index in [-0.39, 0.29) is 11.3 Å². The minimum Gasteiger partial charge on any atom is -0.342 e. The summed E-state index contributed by atoms with van der Waals surface area (Å²) in [5.41, 5.74) is 5.79. The van der Waals surface area contributed by atoms with Gasteiger partial charge >= 0.3 is 0 Å². The average molecular weight is 252 g/mol. The molecule has 3 nitrogen and oxygen atoms in total. The predicted octanol–water partition coefficient (Wildman–Crippen LogP) is 2.57. The number of carbonyl (C=O) groups excluding carboxylic acids is 1. The Morgan fingerprint density at radius 1 is 1.44 bits per heavy atom. The first kappa shape index (κ1) is 15.2. The Morgan fingerprint density at radius 3 is 2.67 bits per heavy atom. The van der Waals surface area contributed by atoms with Crippen molar-refractivity contribution in [2.45, 2.75) is 46.5 Å². The third kappa shape index (κ3) is 4.45. The van der Waals surface area contributed by atoms with E-state index in [1.165, 1.54) is 0 Å². The third-order valence-electron chi connectivity index (χ3n) is 3.59. The number of hydrogen-bond donors (Lipinski definition) is 1. The second-order valence-electron chi connectivity index (χ2n) is 6.11. The van der Waals surface area contributed by atoms with Crippen LogP contribution < -0.4 is 5.73 Å². The summed E-state index contributed by atoms with van der Waals surface area (Å²) in [5, 5.41) is 0. The standard InChI is InChI=1S/C15H28N2O/c1-4-10-17(12-15(2,3)11-16)14(18)13-8-6-5-7-9-13/h5-6,13H,4,7-12,16H2,1-3H3. The molecule has 0 spiro atoms. The Labute approximate surface area is 111 Å². The van der Waals surface area contributed by atoms with Gasteiger partial charge in [-0.1, -0.05) is 32.9 Å². The summed E-state index contributed by atoms with van der Waals surface area (Å²) in [6, 6.07) is 0. The van der Waals surface area contributed by atoms with Crippen LogP contribution in [0.2, 0.25) is 0 Å². The summed E-state index contributed by atoms with van der Waals surface area (Å²) in [5.74, 6) is 0.512. The quantitative estimate of drug-likeness (QED) is 0.739. The van der Waals surface area contributed by atoms with Gasteiger partial charge in [0, 0.05) is 19.0 Å². The molecule has 0 aromatic carbocycles. The fourth-order valence-corrected chi connectivity index (χ4v) is 2.39. The van der Waals surface area contributed by atoms with Gasteiger partial charge in [0.05, 0.1) is 0 Å². The zero-order valence-corrected chi connectivity index (χ0v) is 12.1. The van der Waals surface area contributed by atoms with Crippen molar-refractivity contribution < 1.29 is 4.79 Å². The van der Waals surface area contributed by atoms with E-state index in [0.29, 0.717) is 12.5 Å². The molecule has 0 saturated heterocycles. The number of rotatable bonds is 6. The van der Waals surface area contributed by atoms with Crippen LogP contribution in [0.1, 0.15) is 46.5 Å². The Balaban J connectivity index is 2.65. The summed E-state index contributed by atoms with van der Waals surface area (Å²) in [6.45, 7) is 8.62. The molecule has 1 aliphatic carbocycles. The maximum absolute atomic E-state index is 12.5. The van der Waals surface area contributed by atoms with Gasteiger partial charge in [-0.2, -0.15) is 0 Å². The number of nitrogens with two attached hydrogens (primary N) is 1. The Kier molecular flexibility index (Phi) is 5.86. The van der Waals surface area contributed by atoms with Crippen molar-refractivity contribution >= 4 is 5.91 Å². The summed E-state index contributed by atoms with van der Waals surface area (Å²) in [4.78, 5) is 14.6. The van der Waals surface area contributed by atoms with Crippen LogP contribution in [0.4, 0.5) is 0 Å². The molecule has 104 valence electrons. The lowest BCUT2D eigenvalue weighted by molar-refractivity contribution is -0.137. The third-order valence-corrected chi connectivity index (χ3v) is 3.59. The Morgan fingerprint density at radius 2 is 2.17 bits per heavy atom. The van der Waals surface area contributed by atoms with Gasteiger partial charge in [-0.15, -0.1) is 0 Å². The first-order chi connectivity index (χ1) is 8.50. The van der Waals surface area contributed by atoms with Crippen molar-refractivity contribution in [1.82, 2.24) is 4.90 Å². The van der Waals surface area contributed by atoms with Gasteiger partial charge in [-0.05, 0) is 37.6 Å². The van der Waals surface area contributed by atoms with Gasteiger partial charge in [0.2, 0.25) is 5.91 Å². The molecule has 3 heteroatoms. The molecule has 0 aromatic rings. The Hall–Kier alpha value is -0.830. The number of carbonyl (C=O) groups is 1. The highest BCUT2D eigenvalue weighted by Crippen LogP contribution is 2.23. The molecular weight excluding hydrogens is 224 g/mol. The molecule has 1 rings (SSSR count). The molecule has 1 aliphatic rings. The molecule has 1 amide bonds. The second-order valence-corrected chi connectivity index (χ2v) is 6.11. The van der Waals surface area contributed by atoms with Crippen LogP contribution >= 0.6 is 0 Å². The predicted molar refractivity (Wildman–Crippen MR) is 76.2 cm³/mol. The van der Waals surface area contributed by atoms with Crippen LogP contribution in [0.15, 0.2) is 12.2 Å². The monoisotopic (exact) mass is 252 g/mol. The van der Waals surface area contributed by atoms with Crippen molar-refractivity contribution in [1.29, 1.82) is 0 Å². The van der Waals surface area contributed by atoms with E-state index in [4.69, 9.17) is 5.73 Å². The largest absolute Gasteiger partial charge is 0.342 e. The van der Waals surface area contributed by atoms with Gasteiger partial charge in [-0.25, -0.2) is 0 Å². The van der Waals surface area contributed by atoms with Crippen LogP contribution in [-0.2, 0) is 4.79 Å². The Bertz CT molecular complexity index is 297. The van der Waals surface area contributed by atoms with E-state index in [1.807, 2.05) is 4.90 Å². The molecule has 0 heterocycles. The lowest BCUT2D eigenvalue weighted by Gasteiger charge is -2.34. The number of amides is 1. The van der Waals surface area contributed by atoms with Crippen LogP contribution in [0.3, 0.4) is 0 Å². The molecule has 1 atom stereocenters. The van der Waals surface area contributed by atoms with E-state index in [2.05, 4.69) is 32.9 Å². The van der Waals surface area contributed by atoms with Crippen molar-refractivity contribution in [3.63, 3.8) is 0 Å². The van der Waals surface area contributed by atoms with E-state index < -0.39 is 0 Å². The van der Waals surface area contributed by atoms with Crippen molar-refractivity contribution in [3.05, 3.63) is 12.2 Å². The molecule has 18 heavy (non-hydrogen) atoms. The summed E-state index contributed by atoms with van der Waals surface area (Å²) in [6.07, 6.45) is 8.27. The molecule has 0 bridgehead atoms. The minimum atomic E-state index is 0.00926. The fourth-order valence-electron chi connectivity index (χ4n) is 2.39. The summed E-state index contributed by atoms with van der Waals surface area (Å²) in [7, 11) is 0. The summed E-state index contributed by atoms with van der Waals surface area (Å²) < 4.78 is 0. The van der Waals surface area contributed by atoms with Gasteiger partial charge in [-0.3, -0.25) is 4.79 Å². The molecular formula is C15H28N2O. The van der Waals surface area contributed by atoms with E-state index in [9.17, 15) is 4.79 Å². The average Bonchev–Trinajstić information content (AvgIpc) is 2.38. The highest BCUT2D eigenvalue weighted by molar-refractivity contribution is 5.79. The number of nitrogens with zero attached hydrogens (tertiary/aromatic N) is 1. The van der Waals surface area contributed by atoms with Crippen LogP contribution in [0, 0.1) is 11.3 Å². The van der Waals surface area contributed by atoms with Gasteiger partial charge in [0.1, 0.15) is 0 Å². The number of hydrogen-bond acceptors (Lipinski definition) is 2. The highest BCUT2D eigenvalue weighted by Gasteiger charge is 2.28. The molecule has 0 fully saturated rings. The zero-order valence-electron chi connectivity index (χ0n) is 12.1. The van der Waals surface area contributed by atoms with Gasteiger partial charge < -0.3 is 10.6 Å². The molecule has 0 radical (unpaired) electrons. The molecule has 2 N–H and O–H groups in total. The lowest BCUT2D eigenvalue weighted by Crippen LogP contribution is -2.45. The maximum atomic E-state index is 12.5.